The summed E-state index contributed by atoms with van der Waals surface area (Å²) in [5.74, 6) is 0.542. The van der Waals surface area contributed by atoms with Crippen LogP contribution in [-0.2, 0) is 0 Å². The highest BCUT2D eigenvalue weighted by atomic mass is 35.5. The van der Waals surface area contributed by atoms with Crippen LogP contribution in [0.5, 0.6) is 5.75 Å². The van der Waals surface area contributed by atoms with Gasteiger partial charge in [-0.25, -0.2) is 0 Å². The Morgan fingerprint density at radius 1 is 1.33 bits per heavy atom. The number of hydrogen-bond acceptors (Lipinski definition) is 3. The number of aromatic nitrogens is 1. The van der Waals surface area contributed by atoms with Crippen molar-refractivity contribution in [2.24, 2.45) is 0 Å². The molecular weight excluding hydrogens is 250 g/mol. The number of hydrogen-bond donors (Lipinski definition) is 0. The van der Waals surface area contributed by atoms with Gasteiger partial charge in [0.1, 0.15) is 18.1 Å². The quantitative estimate of drug-likeness (QED) is 0.788. The van der Waals surface area contributed by atoms with Gasteiger partial charge in [-0.3, -0.25) is 9.78 Å². The van der Waals surface area contributed by atoms with Crippen molar-refractivity contribution in [3.05, 3.63) is 58.9 Å². The highest BCUT2D eigenvalue weighted by molar-refractivity contribution is 6.32. The first kappa shape index (κ1) is 12.6. The summed E-state index contributed by atoms with van der Waals surface area (Å²) in [5.41, 5.74) is 1.35. The van der Waals surface area contributed by atoms with Gasteiger partial charge < -0.3 is 4.74 Å². The first-order valence-electron chi connectivity index (χ1n) is 5.53. The van der Waals surface area contributed by atoms with Crippen LogP contribution in [0.15, 0.2) is 42.6 Å². The van der Waals surface area contributed by atoms with Gasteiger partial charge in [-0.15, -0.1) is 0 Å². The van der Waals surface area contributed by atoms with Crippen LogP contribution in [0, 0.1) is 0 Å². The van der Waals surface area contributed by atoms with Crippen LogP contribution < -0.4 is 4.74 Å². The lowest BCUT2D eigenvalue weighted by Gasteiger charge is -2.15. The Morgan fingerprint density at radius 2 is 2.17 bits per heavy atom. The Kier molecular flexibility index (Phi) is 3.95. The Balaban J connectivity index is 2.17. The molecule has 3 nitrogen and oxygen atoms in total. The maximum Gasteiger partial charge on any atom is 0.150 e. The Bertz CT molecular complexity index is 543. The fraction of sp³-hybridized carbons (Fsp3) is 0.143. The lowest BCUT2D eigenvalue weighted by molar-refractivity contribution is 0.112. The third kappa shape index (κ3) is 2.87. The highest BCUT2D eigenvalue weighted by Gasteiger charge is 2.10. The first-order valence-corrected chi connectivity index (χ1v) is 5.91. The number of nitrogens with zero attached hydrogens (tertiary/aromatic N) is 1. The topological polar surface area (TPSA) is 39.2 Å². The number of ether oxygens (including phenoxy) is 1. The Hall–Kier alpha value is -1.87. The van der Waals surface area contributed by atoms with Gasteiger partial charge in [-0.2, -0.15) is 0 Å². The minimum atomic E-state index is -0.203. The number of halogens is 1. The molecule has 0 aliphatic carbocycles. The summed E-state index contributed by atoms with van der Waals surface area (Å²) in [5, 5.41) is 0.419. The van der Waals surface area contributed by atoms with E-state index in [0.29, 0.717) is 16.3 Å². The van der Waals surface area contributed by atoms with E-state index in [-0.39, 0.29) is 6.10 Å². The average Bonchev–Trinajstić information content (AvgIpc) is 2.42. The van der Waals surface area contributed by atoms with Crippen molar-refractivity contribution >= 4 is 17.9 Å². The smallest absolute Gasteiger partial charge is 0.150 e. The van der Waals surface area contributed by atoms with Crippen molar-refractivity contribution in [2.75, 3.05) is 0 Å². The maximum atomic E-state index is 10.6. The van der Waals surface area contributed by atoms with Crippen LogP contribution in [0.4, 0.5) is 0 Å². The lowest BCUT2D eigenvalue weighted by Crippen LogP contribution is -2.05. The normalized spacial score (nSPS) is 11.9. The summed E-state index contributed by atoms with van der Waals surface area (Å²) < 4.78 is 5.72. The second-order valence-corrected chi connectivity index (χ2v) is 4.23. The molecule has 1 atom stereocenters. The predicted molar refractivity (Wildman–Crippen MR) is 70.1 cm³/mol. The van der Waals surface area contributed by atoms with Crippen LogP contribution in [0.25, 0.3) is 0 Å². The van der Waals surface area contributed by atoms with Gasteiger partial charge in [0.05, 0.1) is 10.7 Å². The largest absolute Gasteiger partial charge is 0.483 e. The van der Waals surface area contributed by atoms with E-state index in [1.54, 1.807) is 24.4 Å². The summed E-state index contributed by atoms with van der Waals surface area (Å²) >= 11 is 6.04. The number of aldehydes is 1. The van der Waals surface area contributed by atoms with Crippen molar-refractivity contribution in [3.8, 4) is 5.75 Å². The van der Waals surface area contributed by atoms with Crippen LogP contribution in [0.2, 0.25) is 5.02 Å². The van der Waals surface area contributed by atoms with E-state index in [1.165, 1.54) is 0 Å². The van der Waals surface area contributed by atoms with E-state index in [9.17, 15) is 4.79 Å². The van der Waals surface area contributed by atoms with Crippen molar-refractivity contribution < 1.29 is 9.53 Å². The second-order valence-electron chi connectivity index (χ2n) is 3.82. The molecule has 0 saturated carbocycles. The minimum Gasteiger partial charge on any atom is -0.483 e. The fourth-order valence-electron chi connectivity index (χ4n) is 1.55. The average molecular weight is 262 g/mol. The van der Waals surface area contributed by atoms with Gasteiger partial charge in [-0.05, 0) is 37.3 Å². The minimum absolute atomic E-state index is 0.203. The number of carbonyl (C=O) groups excluding carboxylic acids is 1. The molecule has 18 heavy (non-hydrogen) atoms. The molecule has 2 rings (SSSR count). The zero-order chi connectivity index (χ0) is 13.0. The number of benzene rings is 1. The third-order valence-electron chi connectivity index (χ3n) is 2.50. The fourth-order valence-corrected chi connectivity index (χ4v) is 1.79. The standard InChI is InChI=1S/C14H12ClNO2/c1-10(13-4-2-3-7-16-13)18-14-6-5-11(9-17)8-12(14)15/h2-10H,1H3. The maximum absolute atomic E-state index is 10.6. The van der Waals surface area contributed by atoms with Crippen molar-refractivity contribution in [3.63, 3.8) is 0 Å². The molecule has 0 bridgehead atoms. The molecule has 0 spiro atoms. The number of pyridine rings is 1. The zero-order valence-electron chi connectivity index (χ0n) is 9.84. The molecular formula is C14H12ClNO2. The molecule has 0 amide bonds. The first-order chi connectivity index (χ1) is 8.70. The molecule has 1 aromatic carbocycles. The predicted octanol–water partition coefficient (Wildman–Crippen LogP) is 3.69. The number of carbonyl (C=O) groups is 1. The van der Waals surface area contributed by atoms with E-state index in [0.717, 1.165) is 12.0 Å². The summed E-state index contributed by atoms with van der Waals surface area (Å²) in [6.07, 6.45) is 2.26. The van der Waals surface area contributed by atoms with Gasteiger partial charge in [0, 0.05) is 11.8 Å². The SMILES string of the molecule is CC(Oc1ccc(C=O)cc1Cl)c1ccccn1. The molecule has 1 unspecified atom stereocenters. The molecule has 0 fully saturated rings. The molecule has 0 aliphatic heterocycles. The Morgan fingerprint density at radius 3 is 2.78 bits per heavy atom. The van der Waals surface area contributed by atoms with Crippen molar-refractivity contribution in [1.29, 1.82) is 0 Å². The molecule has 92 valence electrons. The molecule has 0 aliphatic rings. The molecule has 2 aromatic rings. The summed E-state index contributed by atoms with van der Waals surface area (Å²) in [4.78, 5) is 14.8. The highest BCUT2D eigenvalue weighted by Crippen LogP contribution is 2.28. The van der Waals surface area contributed by atoms with Crippen LogP contribution in [-0.4, -0.2) is 11.3 Å². The second kappa shape index (κ2) is 5.65. The number of rotatable bonds is 4. The lowest BCUT2D eigenvalue weighted by atomic mass is 10.2. The molecule has 0 radical (unpaired) electrons. The molecule has 0 N–H and O–H groups in total. The van der Waals surface area contributed by atoms with Crippen molar-refractivity contribution in [1.82, 2.24) is 4.98 Å². The van der Waals surface area contributed by atoms with E-state index < -0.39 is 0 Å². The third-order valence-corrected chi connectivity index (χ3v) is 2.80. The van der Waals surface area contributed by atoms with Gasteiger partial charge in [-0.1, -0.05) is 17.7 Å². The van der Waals surface area contributed by atoms with Crippen LogP contribution in [0.1, 0.15) is 29.1 Å². The van der Waals surface area contributed by atoms with Gasteiger partial charge in [0.25, 0.3) is 0 Å². The van der Waals surface area contributed by atoms with E-state index in [1.807, 2.05) is 25.1 Å². The van der Waals surface area contributed by atoms with Gasteiger partial charge in [0.15, 0.2) is 0 Å². The summed E-state index contributed by atoms with van der Waals surface area (Å²) in [6, 6.07) is 10.6. The Labute approximate surface area is 110 Å². The molecule has 0 saturated heterocycles. The summed E-state index contributed by atoms with van der Waals surface area (Å²) in [7, 11) is 0. The van der Waals surface area contributed by atoms with Crippen LogP contribution in [0.3, 0.4) is 0 Å². The van der Waals surface area contributed by atoms with E-state index in [2.05, 4.69) is 4.98 Å². The summed E-state index contributed by atoms with van der Waals surface area (Å²) in [6.45, 7) is 1.90. The molecule has 1 heterocycles. The van der Waals surface area contributed by atoms with Crippen molar-refractivity contribution in [2.45, 2.75) is 13.0 Å². The molecule has 1 aromatic heterocycles. The van der Waals surface area contributed by atoms with Crippen LogP contribution >= 0.6 is 11.6 Å². The monoisotopic (exact) mass is 261 g/mol. The van der Waals surface area contributed by atoms with Gasteiger partial charge in [0.2, 0.25) is 0 Å². The molecule has 4 heteroatoms. The van der Waals surface area contributed by atoms with E-state index >= 15 is 0 Å². The zero-order valence-corrected chi connectivity index (χ0v) is 10.6. The van der Waals surface area contributed by atoms with E-state index in [4.69, 9.17) is 16.3 Å². The van der Waals surface area contributed by atoms with Gasteiger partial charge >= 0.3 is 0 Å².